The number of cyclic esters (lactones) is 1. The highest BCUT2D eigenvalue weighted by atomic mass is 32.2. The van der Waals surface area contributed by atoms with Crippen molar-refractivity contribution in [2.24, 2.45) is 5.92 Å². The van der Waals surface area contributed by atoms with Gasteiger partial charge in [-0.3, -0.25) is 4.79 Å². The molecule has 8 heteroatoms. The van der Waals surface area contributed by atoms with Crippen molar-refractivity contribution in [3.05, 3.63) is 121 Å². The second kappa shape index (κ2) is 12.4. The monoisotopic (exact) mass is 583 g/mol. The molecule has 0 aliphatic carbocycles. The molecular weight excluding hydrogens is 552 g/mol. The Kier molecular flexibility index (Phi) is 8.28. The van der Waals surface area contributed by atoms with Crippen molar-refractivity contribution in [2.75, 3.05) is 13.2 Å². The molecule has 0 aromatic heterocycles. The molecule has 0 radical (unpaired) electrons. The molecular formula is C34H31O7S+. The van der Waals surface area contributed by atoms with Crippen LogP contribution in [0.4, 0.5) is 0 Å². The van der Waals surface area contributed by atoms with Crippen molar-refractivity contribution >= 4 is 22.8 Å². The quantitative estimate of drug-likeness (QED) is 0.189. The van der Waals surface area contributed by atoms with Gasteiger partial charge in [0.25, 0.3) is 0 Å². The number of fused-ring (bicyclic) bond motifs is 1. The Morgan fingerprint density at radius 3 is 2.02 bits per heavy atom. The van der Waals surface area contributed by atoms with Gasteiger partial charge in [-0.1, -0.05) is 66.7 Å². The van der Waals surface area contributed by atoms with Gasteiger partial charge in [0.1, 0.15) is 17.8 Å². The molecule has 214 valence electrons. The Labute approximate surface area is 247 Å². The van der Waals surface area contributed by atoms with Gasteiger partial charge in [0.15, 0.2) is 27.6 Å². The zero-order chi connectivity index (χ0) is 28.9. The molecule has 7 nitrogen and oxygen atoms in total. The van der Waals surface area contributed by atoms with E-state index >= 15 is 0 Å². The number of ether oxygens (including phenoxy) is 5. The van der Waals surface area contributed by atoms with Gasteiger partial charge in [-0.05, 0) is 48.5 Å². The van der Waals surface area contributed by atoms with Gasteiger partial charge >= 0.3 is 11.9 Å². The SMILES string of the molecule is CC1(c2ccccc2)OC(=O)C2CC(OC(=O)COc3ccc([S+](c4ccccc4)c4ccccc4)cc3)COC2O1. The normalized spacial score (nSPS) is 23.5. The van der Waals surface area contributed by atoms with Gasteiger partial charge in [0.2, 0.25) is 5.79 Å². The van der Waals surface area contributed by atoms with Gasteiger partial charge in [-0.15, -0.1) is 0 Å². The number of rotatable bonds is 8. The van der Waals surface area contributed by atoms with E-state index in [9.17, 15) is 9.59 Å². The Bertz CT molecular complexity index is 1460. The summed E-state index contributed by atoms with van der Waals surface area (Å²) in [5.74, 6) is -2.36. The molecule has 42 heavy (non-hydrogen) atoms. The van der Waals surface area contributed by atoms with Crippen molar-refractivity contribution in [3.8, 4) is 5.75 Å². The second-order valence-electron chi connectivity index (χ2n) is 10.2. The minimum atomic E-state index is -1.24. The molecule has 4 unspecified atom stereocenters. The molecule has 4 atom stereocenters. The predicted octanol–water partition coefficient (Wildman–Crippen LogP) is 5.88. The lowest BCUT2D eigenvalue weighted by Gasteiger charge is -2.44. The Morgan fingerprint density at radius 1 is 0.833 bits per heavy atom. The van der Waals surface area contributed by atoms with Crippen molar-refractivity contribution in [3.63, 3.8) is 0 Å². The van der Waals surface area contributed by atoms with Crippen molar-refractivity contribution < 1.29 is 33.3 Å². The fourth-order valence-corrected chi connectivity index (χ4v) is 7.21. The van der Waals surface area contributed by atoms with Crippen LogP contribution in [0.3, 0.4) is 0 Å². The van der Waals surface area contributed by atoms with Crippen LogP contribution in [0.5, 0.6) is 5.75 Å². The summed E-state index contributed by atoms with van der Waals surface area (Å²) in [4.78, 5) is 29.1. The molecule has 0 amide bonds. The van der Waals surface area contributed by atoms with E-state index in [-0.39, 0.29) is 30.5 Å². The molecule has 2 aliphatic rings. The number of carbonyl (C=O) groups excluding carboxylic acids is 2. The molecule has 2 heterocycles. The molecule has 0 saturated carbocycles. The lowest BCUT2D eigenvalue weighted by molar-refractivity contribution is -0.353. The highest BCUT2D eigenvalue weighted by Gasteiger charge is 2.50. The number of carbonyl (C=O) groups is 2. The smallest absolute Gasteiger partial charge is 0.344 e. The summed E-state index contributed by atoms with van der Waals surface area (Å²) in [6.45, 7) is 1.54. The molecule has 2 aliphatic heterocycles. The van der Waals surface area contributed by atoms with Crippen LogP contribution in [0.1, 0.15) is 18.9 Å². The van der Waals surface area contributed by atoms with Crippen molar-refractivity contribution in [1.82, 2.24) is 0 Å². The minimum Gasteiger partial charge on any atom is -0.482 e. The average molecular weight is 584 g/mol. The van der Waals surface area contributed by atoms with Gasteiger partial charge in [-0.25, -0.2) is 4.79 Å². The topological polar surface area (TPSA) is 80.3 Å². The average Bonchev–Trinajstić information content (AvgIpc) is 3.03. The van der Waals surface area contributed by atoms with E-state index in [2.05, 4.69) is 24.3 Å². The molecule has 6 rings (SSSR count). The highest BCUT2D eigenvalue weighted by Crippen LogP contribution is 2.40. The zero-order valence-electron chi connectivity index (χ0n) is 23.1. The van der Waals surface area contributed by atoms with E-state index < -0.39 is 36.0 Å². The molecule has 0 spiro atoms. The van der Waals surface area contributed by atoms with E-state index in [1.165, 1.54) is 9.79 Å². The van der Waals surface area contributed by atoms with E-state index in [1.807, 2.05) is 91.0 Å². The lowest BCUT2D eigenvalue weighted by Crippen LogP contribution is -2.54. The van der Waals surface area contributed by atoms with Gasteiger partial charge < -0.3 is 23.7 Å². The summed E-state index contributed by atoms with van der Waals surface area (Å²) in [7, 11) is -0.272. The lowest BCUT2D eigenvalue weighted by atomic mass is 9.95. The van der Waals surface area contributed by atoms with E-state index in [4.69, 9.17) is 23.7 Å². The minimum absolute atomic E-state index is 0.112. The number of hydrogen-bond acceptors (Lipinski definition) is 7. The van der Waals surface area contributed by atoms with Gasteiger partial charge in [0.05, 0.1) is 17.5 Å². The van der Waals surface area contributed by atoms with Crippen LogP contribution in [0.15, 0.2) is 130 Å². The van der Waals surface area contributed by atoms with Crippen LogP contribution in [0, 0.1) is 5.92 Å². The second-order valence-corrected chi connectivity index (χ2v) is 12.2. The van der Waals surface area contributed by atoms with Crippen LogP contribution >= 0.6 is 0 Å². The third kappa shape index (κ3) is 6.21. The third-order valence-corrected chi connectivity index (χ3v) is 9.43. The third-order valence-electron chi connectivity index (χ3n) is 7.20. The summed E-state index contributed by atoms with van der Waals surface area (Å²) < 4.78 is 28.8. The van der Waals surface area contributed by atoms with Crippen LogP contribution in [-0.2, 0) is 45.2 Å². The maximum absolute atomic E-state index is 12.9. The van der Waals surface area contributed by atoms with Crippen molar-refractivity contribution in [2.45, 2.75) is 46.2 Å². The van der Waals surface area contributed by atoms with Crippen LogP contribution in [0.25, 0.3) is 0 Å². The molecule has 0 bridgehead atoms. The molecule has 2 saturated heterocycles. The maximum Gasteiger partial charge on any atom is 0.344 e. The van der Waals surface area contributed by atoms with E-state index in [0.29, 0.717) is 5.75 Å². The van der Waals surface area contributed by atoms with Gasteiger partial charge in [-0.2, -0.15) is 0 Å². The van der Waals surface area contributed by atoms with Crippen LogP contribution in [0.2, 0.25) is 0 Å². The number of hydrogen-bond donors (Lipinski definition) is 0. The zero-order valence-corrected chi connectivity index (χ0v) is 23.9. The highest BCUT2D eigenvalue weighted by molar-refractivity contribution is 7.97. The van der Waals surface area contributed by atoms with E-state index in [0.717, 1.165) is 10.5 Å². The summed E-state index contributed by atoms with van der Waals surface area (Å²) in [5, 5.41) is 0. The number of benzene rings is 4. The summed E-state index contributed by atoms with van der Waals surface area (Å²) in [6.07, 6.45) is -1.14. The largest absolute Gasteiger partial charge is 0.482 e. The summed E-state index contributed by atoms with van der Waals surface area (Å²) in [5.41, 5.74) is 0.718. The molecule has 4 aromatic rings. The number of esters is 2. The van der Waals surface area contributed by atoms with Crippen LogP contribution in [-0.4, -0.2) is 37.5 Å². The first-order chi connectivity index (χ1) is 20.5. The first-order valence-corrected chi connectivity index (χ1v) is 15.1. The maximum atomic E-state index is 12.9. The standard InChI is InChI=1S/C34H31O7S/c1-34(24-11-5-2-6-12-24)40-32(36)30-21-26(22-38-33(30)41-34)39-31(35)23-37-25-17-19-29(20-18-25)42(27-13-7-3-8-14-27)28-15-9-4-10-16-28/h2-20,26,30,33H,21-23H2,1H3/q+1. The summed E-state index contributed by atoms with van der Waals surface area (Å²) in [6, 6.07) is 37.8. The molecule has 4 aromatic carbocycles. The Morgan fingerprint density at radius 2 is 1.40 bits per heavy atom. The van der Waals surface area contributed by atoms with Crippen molar-refractivity contribution in [1.29, 1.82) is 0 Å². The predicted molar refractivity (Wildman–Crippen MR) is 156 cm³/mol. The van der Waals surface area contributed by atoms with Crippen LogP contribution < -0.4 is 4.74 Å². The Balaban J connectivity index is 1.03. The summed E-state index contributed by atoms with van der Waals surface area (Å²) >= 11 is 0. The fraction of sp³-hybridized carbons (Fsp3) is 0.235. The molecule has 0 N–H and O–H groups in total. The fourth-order valence-electron chi connectivity index (χ4n) is 5.12. The Hall–Kier alpha value is -4.11. The van der Waals surface area contributed by atoms with Gasteiger partial charge in [0, 0.05) is 18.9 Å². The van der Waals surface area contributed by atoms with E-state index in [1.54, 1.807) is 6.92 Å². The molecule has 2 fully saturated rings. The first-order valence-electron chi connectivity index (χ1n) is 13.8. The first kappa shape index (κ1) is 28.0.